The number of nitrogens with zero attached hydrogens (tertiary/aromatic N) is 2. The van der Waals surface area contributed by atoms with Gasteiger partial charge in [-0.1, -0.05) is 12.1 Å². The highest BCUT2D eigenvalue weighted by Crippen LogP contribution is 2.20. The normalized spacial score (nSPS) is 12.4. The Labute approximate surface area is 119 Å². The molecule has 0 aliphatic heterocycles. The summed E-state index contributed by atoms with van der Waals surface area (Å²) >= 11 is 0. The van der Waals surface area contributed by atoms with E-state index in [1.807, 2.05) is 37.6 Å². The zero-order valence-electron chi connectivity index (χ0n) is 12.1. The van der Waals surface area contributed by atoms with Gasteiger partial charge in [0.1, 0.15) is 18.5 Å². The molecule has 1 aromatic heterocycles. The number of rotatable bonds is 5. The number of aryl methyl sites for hydroxylation is 1. The van der Waals surface area contributed by atoms with Gasteiger partial charge in [0.25, 0.3) is 0 Å². The van der Waals surface area contributed by atoms with Gasteiger partial charge < -0.3 is 15.6 Å². The van der Waals surface area contributed by atoms with E-state index < -0.39 is 6.10 Å². The SMILES string of the molecule is Cc1nn(CC(O)COc2ccccc2N)c(C)c1C. The van der Waals surface area contributed by atoms with Crippen LogP contribution in [0.15, 0.2) is 24.3 Å². The molecule has 2 aromatic rings. The van der Waals surface area contributed by atoms with Crippen LogP contribution in [0.3, 0.4) is 0 Å². The number of benzene rings is 1. The molecule has 0 saturated carbocycles. The highest BCUT2D eigenvalue weighted by atomic mass is 16.5. The monoisotopic (exact) mass is 275 g/mol. The van der Waals surface area contributed by atoms with Gasteiger partial charge in [-0.05, 0) is 38.5 Å². The molecular formula is C15H21N3O2. The van der Waals surface area contributed by atoms with Crippen LogP contribution >= 0.6 is 0 Å². The van der Waals surface area contributed by atoms with Crippen molar-refractivity contribution in [3.05, 3.63) is 41.2 Å². The van der Waals surface area contributed by atoms with Crippen LogP contribution in [0.4, 0.5) is 5.69 Å². The van der Waals surface area contributed by atoms with E-state index in [0.29, 0.717) is 18.0 Å². The minimum Gasteiger partial charge on any atom is -0.489 e. The van der Waals surface area contributed by atoms with Gasteiger partial charge in [-0.15, -0.1) is 0 Å². The molecule has 20 heavy (non-hydrogen) atoms. The number of nitrogen functional groups attached to an aromatic ring is 1. The number of aliphatic hydroxyl groups is 1. The molecule has 0 aliphatic carbocycles. The maximum Gasteiger partial charge on any atom is 0.142 e. The fraction of sp³-hybridized carbons (Fsp3) is 0.400. The fourth-order valence-corrected chi connectivity index (χ4v) is 2.01. The lowest BCUT2D eigenvalue weighted by molar-refractivity contribution is 0.0890. The molecule has 1 unspecified atom stereocenters. The Balaban J connectivity index is 1.94. The lowest BCUT2D eigenvalue weighted by Crippen LogP contribution is -2.25. The van der Waals surface area contributed by atoms with Crippen LogP contribution < -0.4 is 10.5 Å². The Morgan fingerprint density at radius 3 is 2.60 bits per heavy atom. The minimum absolute atomic E-state index is 0.186. The number of ether oxygens (including phenoxy) is 1. The van der Waals surface area contributed by atoms with Crippen LogP contribution in [0.1, 0.15) is 17.0 Å². The molecule has 1 heterocycles. The van der Waals surface area contributed by atoms with Gasteiger partial charge in [-0.3, -0.25) is 4.68 Å². The molecule has 0 fully saturated rings. The third-order valence-corrected chi connectivity index (χ3v) is 3.48. The lowest BCUT2D eigenvalue weighted by Gasteiger charge is -2.14. The molecule has 0 bridgehead atoms. The van der Waals surface area contributed by atoms with Crippen LogP contribution in [-0.2, 0) is 6.54 Å². The van der Waals surface area contributed by atoms with Crippen LogP contribution in [0.5, 0.6) is 5.75 Å². The molecule has 0 radical (unpaired) electrons. The van der Waals surface area contributed by atoms with Crippen molar-refractivity contribution in [3.8, 4) is 5.75 Å². The number of aromatic nitrogens is 2. The number of hydrogen-bond donors (Lipinski definition) is 2. The maximum absolute atomic E-state index is 10.1. The second-order valence-corrected chi connectivity index (χ2v) is 4.98. The van der Waals surface area contributed by atoms with Crippen molar-refractivity contribution in [1.29, 1.82) is 0 Å². The second-order valence-electron chi connectivity index (χ2n) is 4.98. The van der Waals surface area contributed by atoms with E-state index >= 15 is 0 Å². The number of hydrogen-bond acceptors (Lipinski definition) is 4. The van der Waals surface area contributed by atoms with Gasteiger partial charge in [-0.2, -0.15) is 5.10 Å². The van der Waals surface area contributed by atoms with E-state index in [0.717, 1.165) is 17.0 Å². The topological polar surface area (TPSA) is 73.3 Å². The van der Waals surface area contributed by atoms with Crippen molar-refractivity contribution < 1.29 is 9.84 Å². The molecule has 0 aliphatic rings. The average molecular weight is 275 g/mol. The molecule has 0 saturated heterocycles. The van der Waals surface area contributed by atoms with Crippen molar-refractivity contribution in [2.75, 3.05) is 12.3 Å². The predicted molar refractivity (Wildman–Crippen MR) is 78.8 cm³/mol. The molecule has 5 heteroatoms. The Hall–Kier alpha value is -2.01. The van der Waals surface area contributed by atoms with Crippen molar-refractivity contribution in [2.45, 2.75) is 33.4 Å². The minimum atomic E-state index is -0.632. The summed E-state index contributed by atoms with van der Waals surface area (Å²) in [5, 5.41) is 14.5. The summed E-state index contributed by atoms with van der Waals surface area (Å²) in [4.78, 5) is 0. The highest BCUT2D eigenvalue weighted by molar-refractivity contribution is 5.51. The highest BCUT2D eigenvalue weighted by Gasteiger charge is 2.12. The van der Waals surface area contributed by atoms with E-state index in [1.54, 1.807) is 12.1 Å². The third kappa shape index (κ3) is 3.11. The molecule has 2 rings (SSSR count). The van der Waals surface area contributed by atoms with Crippen LogP contribution in [0.2, 0.25) is 0 Å². The first-order valence-corrected chi connectivity index (χ1v) is 6.65. The van der Waals surface area contributed by atoms with Gasteiger partial charge in [0.15, 0.2) is 0 Å². The second kappa shape index (κ2) is 5.96. The maximum atomic E-state index is 10.1. The van der Waals surface area contributed by atoms with Crippen molar-refractivity contribution in [3.63, 3.8) is 0 Å². The van der Waals surface area contributed by atoms with Crippen molar-refractivity contribution >= 4 is 5.69 Å². The summed E-state index contributed by atoms with van der Waals surface area (Å²) in [6, 6.07) is 7.25. The molecule has 108 valence electrons. The van der Waals surface area contributed by atoms with E-state index in [2.05, 4.69) is 5.10 Å². The first kappa shape index (κ1) is 14.4. The summed E-state index contributed by atoms with van der Waals surface area (Å²) < 4.78 is 7.34. The smallest absolute Gasteiger partial charge is 0.142 e. The van der Waals surface area contributed by atoms with Crippen LogP contribution in [-0.4, -0.2) is 27.6 Å². The average Bonchev–Trinajstić information content (AvgIpc) is 2.65. The summed E-state index contributed by atoms with van der Waals surface area (Å²) in [5.74, 6) is 0.594. The lowest BCUT2D eigenvalue weighted by atomic mass is 10.2. The number of para-hydroxylation sites is 2. The molecule has 0 spiro atoms. The third-order valence-electron chi connectivity index (χ3n) is 3.48. The fourth-order valence-electron chi connectivity index (χ4n) is 2.01. The van der Waals surface area contributed by atoms with Gasteiger partial charge in [0, 0.05) is 5.69 Å². The first-order chi connectivity index (χ1) is 9.49. The predicted octanol–water partition coefficient (Wildman–Crippen LogP) is 1.83. The number of nitrogens with two attached hydrogens (primary N) is 1. The van der Waals surface area contributed by atoms with Gasteiger partial charge in [0.2, 0.25) is 0 Å². The van der Waals surface area contributed by atoms with Crippen molar-refractivity contribution in [1.82, 2.24) is 9.78 Å². The summed E-state index contributed by atoms with van der Waals surface area (Å²) in [7, 11) is 0. The zero-order chi connectivity index (χ0) is 14.7. The Bertz CT molecular complexity index is 593. The Morgan fingerprint density at radius 2 is 2.00 bits per heavy atom. The van der Waals surface area contributed by atoms with E-state index in [-0.39, 0.29) is 6.61 Å². The van der Waals surface area contributed by atoms with Crippen LogP contribution in [0, 0.1) is 20.8 Å². The van der Waals surface area contributed by atoms with E-state index in [4.69, 9.17) is 10.5 Å². The molecule has 1 aromatic carbocycles. The van der Waals surface area contributed by atoms with Crippen molar-refractivity contribution in [2.24, 2.45) is 0 Å². The number of anilines is 1. The largest absolute Gasteiger partial charge is 0.489 e. The Kier molecular flexibility index (Phi) is 4.29. The molecule has 0 amide bonds. The number of aliphatic hydroxyl groups excluding tert-OH is 1. The molecular weight excluding hydrogens is 254 g/mol. The van der Waals surface area contributed by atoms with Crippen LogP contribution in [0.25, 0.3) is 0 Å². The van der Waals surface area contributed by atoms with E-state index in [1.165, 1.54) is 0 Å². The standard InChI is InChI=1S/C15H21N3O2/c1-10-11(2)17-18(12(10)3)8-13(19)9-20-15-7-5-4-6-14(15)16/h4-7,13,19H,8-9,16H2,1-3H3. The van der Waals surface area contributed by atoms with E-state index in [9.17, 15) is 5.11 Å². The molecule has 1 atom stereocenters. The summed E-state index contributed by atoms with van der Waals surface area (Å²) in [6.45, 7) is 6.59. The first-order valence-electron chi connectivity index (χ1n) is 6.65. The molecule has 5 nitrogen and oxygen atoms in total. The van der Waals surface area contributed by atoms with Gasteiger partial charge >= 0.3 is 0 Å². The zero-order valence-corrected chi connectivity index (χ0v) is 12.1. The van der Waals surface area contributed by atoms with Gasteiger partial charge in [0.05, 0.1) is 17.9 Å². The van der Waals surface area contributed by atoms with Gasteiger partial charge in [-0.25, -0.2) is 0 Å². The molecule has 3 N–H and O–H groups in total. The summed E-state index contributed by atoms with van der Waals surface area (Å²) in [6.07, 6.45) is -0.632. The Morgan fingerprint density at radius 1 is 1.30 bits per heavy atom. The summed E-state index contributed by atoms with van der Waals surface area (Å²) in [5.41, 5.74) is 9.57. The quantitative estimate of drug-likeness (QED) is 0.816.